The highest BCUT2D eigenvalue weighted by molar-refractivity contribution is 6.30. The van der Waals surface area contributed by atoms with Crippen LogP contribution in [0.1, 0.15) is 25.7 Å². The Bertz CT molecular complexity index is 679. The number of aliphatic hydroxyl groups is 1. The summed E-state index contributed by atoms with van der Waals surface area (Å²) < 4.78 is 0. The van der Waals surface area contributed by atoms with Crippen molar-refractivity contribution in [2.24, 2.45) is 0 Å². The van der Waals surface area contributed by atoms with Gasteiger partial charge in [0.2, 0.25) is 11.7 Å². The summed E-state index contributed by atoms with van der Waals surface area (Å²) in [6.07, 6.45) is 3.47. The molecule has 1 aromatic carbocycles. The summed E-state index contributed by atoms with van der Waals surface area (Å²) in [5.41, 5.74) is 0.0150. The SMILES string of the molecule is O=C(Cn1nnc(-c2ccc(Cl)cc2)n1)NCC1(O)CCCC1. The molecule has 0 radical (unpaired) electrons. The number of nitrogens with zero attached hydrogens (tertiary/aromatic N) is 4. The van der Waals surface area contributed by atoms with Gasteiger partial charge in [-0.1, -0.05) is 24.4 Å². The van der Waals surface area contributed by atoms with Crippen molar-refractivity contribution in [1.29, 1.82) is 0 Å². The Kier molecular flexibility index (Phi) is 4.58. The number of nitrogens with one attached hydrogen (secondary N) is 1. The molecular formula is C15H18ClN5O2. The molecule has 1 fully saturated rings. The number of hydrogen-bond donors (Lipinski definition) is 2. The molecule has 1 amide bonds. The fourth-order valence-corrected chi connectivity index (χ4v) is 2.81. The van der Waals surface area contributed by atoms with Crippen LogP contribution in [0.5, 0.6) is 0 Å². The standard InChI is InChI=1S/C15H18ClN5O2/c16-12-5-3-11(4-6-12)14-18-20-21(19-14)9-13(22)17-10-15(23)7-1-2-8-15/h3-6,23H,1-2,7-10H2,(H,17,22). The molecule has 0 bridgehead atoms. The van der Waals surface area contributed by atoms with E-state index in [4.69, 9.17) is 11.6 Å². The zero-order valence-electron chi connectivity index (χ0n) is 12.6. The van der Waals surface area contributed by atoms with Crippen molar-refractivity contribution in [3.63, 3.8) is 0 Å². The van der Waals surface area contributed by atoms with Crippen LogP contribution in [-0.4, -0.2) is 43.4 Å². The lowest BCUT2D eigenvalue weighted by molar-refractivity contribution is -0.123. The maximum absolute atomic E-state index is 11.9. The monoisotopic (exact) mass is 335 g/mol. The minimum atomic E-state index is -0.764. The largest absolute Gasteiger partial charge is 0.388 e. The quantitative estimate of drug-likeness (QED) is 0.862. The number of hydrogen-bond acceptors (Lipinski definition) is 5. The first-order valence-electron chi connectivity index (χ1n) is 7.57. The number of benzene rings is 1. The Morgan fingerprint density at radius 2 is 2.00 bits per heavy atom. The van der Waals surface area contributed by atoms with Gasteiger partial charge in [-0.15, -0.1) is 10.2 Å². The molecule has 0 atom stereocenters. The molecule has 1 heterocycles. The molecule has 0 spiro atoms. The topological polar surface area (TPSA) is 92.9 Å². The average molecular weight is 336 g/mol. The molecule has 23 heavy (non-hydrogen) atoms. The Labute approximate surface area is 138 Å². The summed E-state index contributed by atoms with van der Waals surface area (Å²) in [6, 6.07) is 7.07. The van der Waals surface area contributed by atoms with Gasteiger partial charge in [-0.05, 0) is 42.3 Å². The maximum atomic E-state index is 11.9. The van der Waals surface area contributed by atoms with Gasteiger partial charge in [0.1, 0.15) is 6.54 Å². The van der Waals surface area contributed by atoms with Crippen molar-refractivity contribution in [2.45, 2.75) is 37.8 Å². The van der Waals surface area contributed by atoms with E-state index in [2.05, 4.69) is 20.7 Å². The van der Waals surface area contributed by atoms with Crippen LogP contribution in [0.3, 0.4) is 0 Å². The minimum absolute atomic E-state index is 0.0311. The van der Waals surface area contributed by atoms with Crippen molar-refractivity contribution in [2.75, 3.05) is 6.54 Å². The molecule has 7 nitrogen and oxygen atoms in total. The van der Waals surface area contributed by atoms with Gasteiger partial charge in [0.05, 0.1) is 5.60 Å². The molecule has 122 valence electrons. The molecule has 0 saturated heterocycles. The summed E-state index contributed by atoms with van der Waals surface area (Å²) in [5.74, 6) is 0.189. The first-order valence-corrected chi connectivity index (χ1v) is 7.95. The maximum Gasteiger partial charge on any atom is 0.243 e. The predicted octanol–water partition coefficient (Wildman–Crippen LogP) is 1.41. The molecular weight excluding hydrogens is 318 g/mol. The van der Waals surface area contributed by atoms with Gasteiger partial charge in [0, 0.05) is 17.1 Å². The third-order valence-electron chi connectivity index (χ3n) is 3.99. The molecule has 1 aromatic heterocycles. The van der Waals surface area contributed by atoms with Gasteiger partial charge < -0.3 is 10.4 Å². The molecule has 0 unspecified atom stereocenters. The highest BCUT2D eigenvalue weighted by atomic mass is 35.5. The van der Waals surface area contributed by atoms with Crippen molar-refractivity contribution in [3.05, 3.63) is 29.3 Å². The summed E-state index contributed by atoms with van der Waals surface area (Å²) in [6.45, 7) is 0.237. The van der Waals surface area contributed by atoms with E-state index in [1.54, 1.807) is 24.3 Å². The Morgan fingerprint density at radius 3 is 2.70 bits per heavy atom. The van der Waals surface area contributed by atoms with Gasteiger partial charge in [0.25, 0.3) is 0 Å². The van der Waals surface area contributed by atoms with Crippen LogP contribution in [0.25, 0.3) is 11.4 Å². The fourth-order valence-electron chi connectivity index (χ4n) is 2.68. The van der Waals surface area contributed by atoms with E-state index in [0.717, 1.165) is 31.2 Å². The van der Waals surface area contributed by atoms with Gasteiger partial charge in [-0.3, -0.25) is 4.79 Å². The van der Waals surface area contributed by atoms with Crippen LogP contribution < -0.4 is 5.32 Å². The molecule has 3 rings (SSSR count). The third-order valence-corrected chi connectivity index (χ3v) is 4.24. The van der Waals surface area contributed by atoms with Gasteiger partial charge in [-0.2, -0.15) is 4.80 Å². The Balaban J connectivity index is 1.56. The summed E-state index contributed by atoms with van der Waals surface area (Å²) in [5, 5.41) is 25.5. The molecule has 2 N–H and O–H groups in total. The summed E-state index contributed by atoms with van der Waals surface area (Å²) >= 11 is 5.84. The van der Waals surface area contributed by atoms with Gasteiger partial charge in [-0.25, -0.2) is 0 Å². The van der Waals surface area contributed by atoms with Crippen LogP contribution in [0, 0.1) is 0 Å². The summed E-state index contributed by atoms with van der Waals surface area (Å²) in [7, 11) is 0. The van der Waals surface area contributed by atoms with Gasteiger partial charge >= 0.3 is 0 Å². The highest BCUT2D eigenvalue weighted by Gasteiger charge is 2.31. The zero-order chi connectivity index (χ0) is 16.3. The van der Waals surface area contributed by atoms with Crippen molar-refractivity contribution >= 4 is 17.5 Å². The Morgan fingerprint density at radius 1 is 1.30 bits per heavy atom. The Hall–Kier alpha value is -1.99. The number of carbonyl (C=O) groups excluding carboxylic acids is 1. The lowest BCUT2D eigenvalue weighted by Gasteiger charge is -2.22. The second kappa shape index (κ2) is 6.64. The number of aromatic nitrogens is 4. The highest BCUT2D eigenvalue weighted by Crippen LogP contribution is 2.28. The van der Waals surface area contributed by atoms with Crippen LogP contribution in [0.4, 0.5) is 0 Å². The normalized spacial score (nSPS) is 16.4. The number of carbonyl (C=O) groups is 1. The second-order valence-electron chi connectivity index (χ2n) is 5.86. The average Bonchev–Trinajstić information content (AvgIpc) is 3.16. The van der Waals surface area contributed by atoms with Crippen LogP contribution in [-0.2, 0) is 11.3 Å². The molecule has 1 aliphatic carbocycles. The third kappa shape index (κ3) is 4.05. The molecule has 1 aliphatic rings. The van der Waals surface area contributed by atoms with E-state index in [1.807, 2.05) is 0 Å². The lowest BCUT2D eigenvalue weighted by atomic mass is 10.0. The van der Waals surface area contributed by atoms with Gasteiger partial charge in [0.15, 0.2) is 0 Å². The van der Waals surface area contributed by atoms with Crippen LogP contribution in [0.15, 0.2) is 24.3 Å². The van der Waals surface area contributed by atoms with Crippen LogP contribution >= 0.6 is 11.6 Å². The smallest absolute Gasteiger partial charge is 0.243 e. The zero-order valence-corrected chi connectivity index (χ0v) is 13.3. The molecule has 1 saturated carbocycles. The predicted molar refractivity (Wildman–Crippen MR) is 84.7 cm³/mol. The lowest BCUT2D eigenvalue weighted by Crippen LogP contribution is -2.42. The molecule has 2 aromatic rings. The fraction of sp³-hybridized carbons (Fsp3) is 0.467. The first-order chi connectivity index (χ1) is 11.0. The number of rotatable bonds is 5. The van der Waals surface area contributed by atoms with Crippen molar-refractivity contribution in [3.8, 4) is 11.4 Å². The molecule has 8 heteroatoms. The van der Waals surface area contributed by atoms with Crippen molar-refractivity contribution in [1.82, 2.24) is 25.5 Å². The number of halogens is 1. The first kappa shape index (κ1) is 15.9. The second-order valence-corrected chi connectivity index (χ2v) is 6.29. The number of tetrazole rings is 1. The van der Waals surface area contributed by atoms with Crippen LogP contribution in [0.2, 0.25) is 5.02 Å². The minimum Gasteiger partial charge on any atom is -0.388 e. The van der Waals surface area contributed by atoms with E-state index in [1.165, 1.54) is 4.80 Å². The van der Waals surface area contributed by atoms with E-state index < -0.39 is 5.60 Å². The van der Waals surface area contributed by atoms with E-state index in [-0.39, 0.29) is 19.0 Å². The van der Waals surface area contributed by atoms with E-state index in [9.17, 15) is 9.90 Å². The van der Waals surface area contributed by atoms with E-state index in [0.29, 0.717) is 10.8 Å². The number of amides is 1. The molecule has 0 aliphatic heterocycles. The van der Waals surface area contributed by atoms with E-state index >= 15 is 0 Å². The summed E-state index contributed by atoms with van der Waals surface area (Å²) in [4.78, 5) is 13.2. The van der Waals surface area contributed by atoms with Crippen molar-refractivity contribution < 1.29 is 9.90 Å².